The Balaban J connectivity index is 1.47. The smallest absolute Gasteiger partial charge is 0.335 e. The molecule has 1 aromatic carbocycles. The molecule has 4 aliphatic rings. The molecule has 0 amide bonds. The second-order valence-electron chi connectivity index (χ2n) is 9.07. The SMILES string of the molecule is CCOC(=O)C1=CN(C2CC2)c2cc(N3CCC4=C(C3)/C(=N\OC)C(C)CS4)c(F)cc2C1. The fourth-order valence-electron chi connectivity index (χ4n) is 4.89. The molecule has 5 rings (SSSR count). The van der Waals surface area contributed by atoms with E-state index in [1.807, 2.05) is 24.0 Å². The number of anilines is 2. The predicted octanol–water partition coefficient (Wildman–Crippen LogP) is 4.65. The topological polar surface area (TPSA) is 54.4 Å². The molecule has 1 atom stereocenters. The van der Waals surface area contributed by atoms with Gasteiger partial charge in [0.2, 0.25) is 0 Å². The van der Waals surface area contributed by atoms with E-state index in [1.165, 1.54) is 10.5 Å². The molecule has 3 heterocycles. The van der Waals surface area contributed by atoms with Crippen LogP contribution in [0.15, 0.2) is 39.5 Å². The number of carbonyl (C=O) groups excluding carboxylic acids is 1. The Labute approximate surface area is 198 Å². The van der Waals surface area contributed by atoms with Crippen molar-refractivity contribution < 1.29 is 18.8 Å². The number of rotatable bonds is 5. The van der Waals surface area contributed by atoms with Crippen molar-refractivity contribution in [3.05, 3.63) is 45.8 Å². The van der Waals surface area contributed by atoms with Crippen molar-refractivity contribution >= 4 is 34.8 Å². The van der Waals surface area contributed by atoms with Gasteiger partial charge in [-0.2, -0.15) is 0 Å². The number of nitrogens with zero attached hydrogens (tertiary/aromatic N) is 3. The summed E-state index contributed by atoms with van der Waals surface area (Å²) in [7, 11) is 1.58. The summed E-state index contributed by atoms with van der Waals surface area (Å²) in [6, 6.07) is 3.94. The number of benzene rings is 1. The summed E-state index contributed by atoms with van der Waals surface area (Å²) in [6.07, 6.45) is 5.34. The van der Waals surface area contributed by atoms with Crippen LogP contribution in [-0.4, -0.2) is 50.3 Å². The first-order valence-electron chi connectivity index (χ1n) is 11.7. The normalized spacial score (nSPS) is 23.8. The molecular formula is C25H30FN3O3S. The number of carbonyl (C=O) groups is 1. The van der Waals surface area contributed by atoms with Crippen molar-refractivity contribution in [1.82, 2.24) is 0 Å². The summed E-state index contributed by atoms with van der Waals surface area (Å²) in [5.41, 5.74) is 5.19. The highest BCUT2D eigenvalue weighted by Gasteiger charge is 2.36. The fraction of sp³-hybridized carbons (Fsp3) is 0.520. The molecule has 0 radical (unpaired) electrons. The number of thioether (sulfide) groups is 1. The van der Waals surface area contributed by atoms with Crippen molar-refractivity contribution in [2.24, 2.45) is 11.1 Å². The van der Waals surface area contributed by atoms with E-state index in [0.29, 0.717) is 42.8 Å². The molecule has 0 saturated heterocycles. The van der Waals surface area contributed by atoms with E-state index in [2.05, 4.69) is 21.9 Å². The predicted molar refractivity (Wildman–Crippen MR) is 130 cm³/mol. The van der Waals surface area contributed by atoms with Crippen LogP contribution in [0.4, 0.5) is 15.8 Å². The van der Waals surface area contributed by atoms with E-state index in [-0.39, 0.29) is 11.8 Å². The Hall–Kier alpha value is -2.48. The number of oxime groups is 1. The number of hydrogen-bond donors (Lipinski definition) is 0. The standard InChI is InChI=1S/C25H30FN3O3S/c1-4-32-25(30)17-9-16-10-20(26)22(11-21(16)29(12-17)18-5-6-18)28-8-7-23-19(13-28)24(27-31-3)15(2)14-33-23/h10-12,15,18H,4-9,13-14H2,1-3H3/b27-24-. The van der Waals surface area contributed by atoms with Gasteiger partial charge < -0.3 is 19.4 Å². The summed E-state index contributed by atoms with van der Waals surface area (Å²) in [6.45, 7) is 5.68. The molecule has 1 saturated carbocycles. The molecule has 1 unspecified atom stereocenters. The molecule has 1 fully saturated rings. The van der Waals surface area contributed by atoms with Crippen LogP contribution in [0.2, 0.25) is 0 Å². The van der Waals surface area contributed by atoms with Gasteiger partial charge >= 0.3 is 5.97 Å². The van der Waals surface area contributed by atoms with Gasteiger partial charge in [0.25, 0.3) is 0 Å². The van der Waals surface area contributed by atoms with Crippen molar-refractivity contribution in [3.63, 3.8) is 0 Å². The third-order valence-electron chi connectivity index (χ3n) is 6.69. The van der Waals surface area contributed by atoms with Crippen LogP contribution in [0.25, 0.3) is 0 Å². The van der Waals surface area contributed by atoms with Gasteiger partial charge in [-0.05, 0) is 48.8 Å². The Bertz CT molecular complexity index is 1060. The third-order valence-corrected chi connectivity index (χ3v) is 8.15. The molecule has 1 aromatic rings. The maximum atomic E-state index is 15.5. The lowest BCUT2D eigenvalue weighted by atomic mass is 9.94. The van der Waals surface area contributed by atoms with E-state index in [1.54, 1.807) is 20.1 Å². The Morgan fingerprint density at radius 1 is 1.30 bits per heavy atom. The molecule has 3 aliphatic heterocycles. The van der Waals surface area contributed by atoms with Crippen molar-refractivity contribution in [2.45, 2.75) is 45.6 Å². The highest BCUT2D eigenvalue weighted by molar-refractivity contribution is 8.03. The van der Waals surface area contributed by atoms with E-state index in [4.69, 9.17) is 9.57 Å². The lowest BCUT2D eigenvalue weighted by Crippen LogP contribution is -2.38. The molecule has 6 nitrogen and oxygen atoms in total. The van der Waals surface area contributed by atoms with Gasteiger partial charge in [0.15, 0.2) is 0 Å². The minimum atomic E-state index is -0.317. The van der Waals surface area contributed by atoms with Crippen LogP contribution in [0.1, 0.15) is 38.7 Å². The average Bonchev–Trinajstić information content (AvgIpc) is 3.65. The molecule has 0 aromatic heterocycles. The zero-order chi connectivity index (χ0) is 23.1. The lowest BCUT2D eigenvalue weighted by Gasteiger charge is -2.37. The number of hydrogen-bond acceptors (Lipinski definition) is 7. The maximum Gasteiger partial charge on any atom is 0.335 e. The molecule has 0 bridgehead atoms. The monoisotopic (exact) mass is 471 g/mol. The molecule has 33 heavy (non-hydrogen) atoms. The van der Waals surface area contributed by atoms with Crippen LogP contribution in [0.3, 0.4) is 0 Å². The minimum Gasteiger partial charge on any atom is -0.463 e. The average molecular weight is 472 g/mol. The highest BCUT2D eigenvalue weighted by Crippen LogP contribution is 2.43. The van der Waals surface area contributed by atoms with Crippen molar-refractivity contribution in [3.8, 4) is 0 Å². The number of halogens is 1. The molecule has 0 N–H and O–H groups in total. The van der Waals surface area contributed by atoms with Gasteiger partial charge in [0.1, 0.15) is 12.9 Å². The minimum absolute atomic E-state index is 0.250. The number of esters is 1. The van der Waals surface area contributed by atoms with Gasteiger partial charge in [-0.25, -0.2) is 9.18 Å². The van der Waals surface area contributed by atoms with E-state index >= 15 is 4.39 Å². The maximum absolute atomic E-state index is 15.5. The molecule has 0 spiro atoms. The first kappa shape index (κ1) is 22.3. The Kier molecular flexibility index (Phi) is 6.12. The molecule has 1 aliphatic carbocycles. The molecule has 176 valence electrons. The first-order valence-corrected chi connectivity index (χ1v) is 12.7. The second kappa shape index (κ2) is 9.05. The number of fused-ring (bicyclic) bond motifs is 1. The van der Waals surface area contributed by atoms with Gasteiger partial charge in [0.05, 0.1) is 23.6 Å². The van der Waals surface area contributed by atoms with Crippen LogP contribution < -0.4 is 9.80 Å². The fourth-order valence-corrected chi connectivity index (χ4v) is 6.08. The molecule has 8 heteroatoms. The quantitative estimate of drug-likeness (QED) is 0.460. The van der Waals surface area contributed by atoms with Crippen molar-refractivity contribution in [2.75, 3.05) is 42.4 Å². The van der Waals surface area contributed by atoms with Gasteiger partial charge in [-0.1, -0.05) is 12.1 Å². The number of ether oxygens (including phenoxy) is 1. The van der Waals surface area contributed by atoms with Crippen LogP contribution in [0, 0.1) is 11.7 Å². The zero-order valence-corrected chi connectivity index (χ0v) is 20.2. The van der Waals surface area contributed by atoms with Crippen molar-refractivity contribution in [1.29, 1.82) is 0 Å². The summed E-state index contributed by atoms with van der Waals surface area (Å²) >= 11 is 1.89. The summed E-state index contributed by atoms with van der Waals surface area (Å²) in [4.78, 5) is 23.1. The highest BCUT2D eigenvalue weighted by atomic mass is 32.2. The van der Waals surface area contributed by atoms with Gasteiger partial charge in [-0.3, -0.25) is 0 Å². The summed E-state index contributed by atoms with van der Waals surface area (Å²) < 4.78 is 20.7. The van der Waals surface area contributed by atoms with Crippen LogP contribution >= 0.6 is 11.8 Å². The van der Waals surface area contributed by atoms with E-state index in [0.717, 1.165) is 48.5 Å². The largest absolute Gasteiger partial charge is 0.463 e. The third kappa shape index (κ3) is 4.25. The summed E-state index contributed by atoms with van der Waals surface area (Å²) in [5, 5.41) is 4.32. The first-order chi connectivity index (χ1) is 16.0. The lowest BCUT2D eigenvalue weighted by molar-refractivity contribution is -0.138. The Morgan fingerprint density at radius 3 is 2.85 bits per heavy atom. The van der Waals surface area contributed by atoms with E-state index < -0.39 is 0 Å². The van der Waals surface area contributed by atoms with Crippen LogP contribution in [-0.2, 0) is 20.8 Å². The van der Waals surface area contributed by atoms with Crippen LogP contribution in [0.5, 0.6) is 0 Å². The van der Waals surface area contributed by atoms with Gasteiger partial charge in [0, 0.05) is 54.7 Å². The Morgan fingerprint density at radius 2 is 2.12 bits per heavy atom. The summed E-state index contributed by atoms with van der Waals surface area (Å²) in [5.74, 6) is 0.738. The second-order valence-corrected chi connectivity index (χ2v) is 10.2. The van der Waals surface area contributed by atoms with E-state index in [9.17, 15) is 4.79 Å². The molecular weight excluding hydrogens is 441 g/mol. The zero-order valence-electron chi connectivity index (χ0n) is 19.4. The van der Waals surface area contributed by atoms with Gasteiger partial charge in [-0.15, -0.1) is 11.8 Å².